The van der Waals surface area contributed by atoms with Gasteiger partial charge in [-0.3, -0.25) is 9.59 Å². The molecule has 2 amide bonds. The Hall–Kier alpha value is -1.93. The summed E-state index contributed by atoms with van der Waals surface area (Å²) < 4.78 is 29.9. The van der Waals surface area contributed by atoms with E-state index in [1.165, 1.54) is 0 Å². The van der Waals surface area contributed by atoms with Gasteiger partial charge in [-0.1, -0.05) is 32.0 Å². The van der Waals surface area contributed by atoms with Gasteiger partial charge in [-0.05, 0) is 24.0 Å². The lowest BCUT2D eigenvalue weighted by Crippen LogP contribution is -2.54. The number of nitrogens with one attached hydrogen (secondary N) is 1. The van der Waals surface area contributed by atoms with Crippen molar-refractivity contribution in [1.82, 2.24) is 10.2 Å². The van der Waals surface area contributed by atoms with Crippen LogP contribution in [0, 0.1) is 5.92 Å². The zero-order valence-electron chi connectivity index (χ0n) is 15.7. The normalized spacial score (nSPS) is 22.8. The van der Waals surface area contributed by atoms with Crippen molar-refractivity contribution < 1.29 is 22.7 Å². The van der Waals surface area contributed by atoms with E-state index >= 15 is 0 Å². The molecular formula is C19H26N2O5S. The van der Waals surface area contributed by atoms with Gasteiger partial charge in [0.05, 0.1) is 29.8 Å². The summed E-state index contributed by atoms with van der Waals surface area (Å²) in [7, 11) is -3.36. The maximum Gasteiger partial charge on any atom is 0.245 e. The van der Waals surface area contributed by atoms with Gasteiger partial charge in [0.25, 0.3) is 0 Å². The summed E-state index contributed by atoms with van der Waals surface area (Å²) in [5.41, 5.74) is 0.516. The summed E-state index contributed by atoms with van der Waals surface area (Å²) in [6.45, 7) is 5.81. The second kappa shape index (κ2) is 7.98. The van der Waals surface area contributed by atoms with Crippen molar-refractivity contribution in [2.75, 3.05) is 32.1 Å². The molecule has 1 N–H and O–H groups in total. The van der Waals surface area contributed by atoms with Crippen molar-refractivity contribution in [3.8, 4) is 0 Å². The van der Waals surface area contributed by atoms with E-state index in [4.69, 9.17) is 4.74 Å². The summed E-state index contributed by atoms with van der Waals surface area (Å²) in [6.07, 6.45) is 0.224. The molecule has 0 aliphatic carbocycles. The molecule has 0 bridgehead atoms. The molecule has 2 aliphatic rings. The monoisotopic (exact) mass is 394 g/mol. The van der Waals surface area contributed by atoms with Crippen molar-refractivity contribution in [2.45, 2.75) is 37.1 Å². The van der Waals surface area contributed by atoms with Gasteiger partial charge in [0.15, 0.2) is 9.84 Å². The maximum absolute atomic E-state index is 13.0. The molecule has 27 heavy (non-hydrogen) atoms. The van der Waals surface area contributed by atoms with E-state index in [9.17, 15) is 18.0 Å². The molecular weight excluding hydrogens is 368 g/mol. The number of rotatable bonds is 4. The minimum atomic E-state index is -3.36. The van der Waals surface area contributed by atoms with Crippen molar-refractivity contribution >= 4 is 21.7 Å². The second-order valence-electron chi connectivity index (χ2n) is 7.37. The Bertz CT molecular complexity index is 815. The van der Waals surface area contributed by atoms with Crippen LogP contribution < -0.4 is 5.32 Å². The van der Waals surface area contributed by atoms with Gasteiger partial charge in [-0.15, -0.1) is 0 Å². The van der Waals surface area contributed by atoms with Crippen LogP contribution in [-0.4, -0.2) is 63.2 Å². The van der Waals surface area contributed by atoms with Gasteiger partial charge in [0, 0.05) is 13.1 Å². The molecule has 2 heterocycles. The van der Waals surface area contributed by atoms with Crippen LogP contribution in [0.2, 0.25) is 0 Å². The molecule has 1 fully saturated rings. The summed E-state index contributed by atoms with van der Waals surface area (Å²) in [4.78, 5) is 27.8. The number of nitrogens with zero attached hydrogens (tertiary/aromatic N) is 1. The predicted molar refractivity (Wildman–Crippen MR) is 100 cm³/mol. The van der Waals surface area contributed by atoms with Crippen LogP contribution in [0.5, 0.6) is 0 Å². The van der Waals surface area contributed by atoms with Gasteiger partial charge in [-0.25, -0.2) is 8.42 Å². The number of amides is 2. The fraction of sp³-hybridized carbons (Fsp3) is 0.579. The minimum Gasteiger partial charge on any atom is -0.378 e. The van der Waals surface area contributed by atoms with Crippen LogP contribution in [-0.2, 0) is 24.2 Å². The molecule has 0 saturated carbocycles. The molecule has 1 aromatic carbocycles. The van der Waals surface area contributed by atoms with Gasteiger partial charge >= 0.3 is 0 Å². The average molecular weight is 394 g/mol. The number of hydrogen-bond donors (Lipinski definition) is 1. The Balaban J connectivity index is 1.79. The number of carbonyl (C=O) groups excluding carboxylic acids is 2. The lowest BCUT2D eigenvalue weighted by Gasteiger charge is -2.33. The number of benzene rings is 1. The number of sulfone groups is 1. The Labute approximate surface area is 160 Å². The Kier molecular flexibility index (Phi) is 5.86. The number of morpholine rings is 1. The van der Waals surface area contributed by atoms with E-state index in [1.807, 2.05) is 13.8 Å². The quantitative estimate of drug-likeness (QED) is 0.821. The first-order chi connectivity index (χ1) is 12.8. The van der Waals surface area contributed by atoms with Crippen LogP contribution in [0.15, 0.2) is 29.2 Å². The average Bonchev–Trinajstić information content (AvgIpc) is 2.66. The Morgan fingerprint density at radius 2 is 1.85 bits per heavy atom. The Morgan fingerprint density at radius 1 is 1.19 bits per heavy atom. The molecule has 2 unspecified atom stereocenters. The highest BCUT2D eigenvalue weighted by Gasteiger charge is 2.37. The highest BCUT2D eigenvalue weighted by atomic mass is 32.2. The van der Waals surface area contributed by atoms with Crippen molar-refractivity contribution in [3.05, 3.63) is 29.8 Å². The molecule has 7 nitrogen and oxygen atoms in total. The fourth-order valence-electron chi connectivity index (χ4n) is 3.61. The SMILES string of the molecule is CC(C)C(NC(=O)C1CCS(=O)(=O)c2ccccc21)C(=O)N1CCOCC1. The van der Waals surface area contributed by atoms with E-state index in [2.05, 4.69) is 5.32 Å². The van der Waals surface area contributed by atoms with E-state index in [-0.39, 0.29) is 34.8 Å². The van der Waals surface area contributed by atoms with E-state index in [1.54, 1.807) is 29.2 Å². The molecule has 148 valence electrons. The van der Waals surface area contributed by atoms with Gasteiger partial charge < -0.3 is 15.0 Å². The molecule has 3 rings (SSSR count). The molecule has 2 aliphatic heterocycles. The summed E-state index contributed by atoms with van der Waals surface area (Å²) >= 11 is 0. The second-order valence-corrected chi connectivity index (χ2v) is 9.44. The minimum absolute atomic E-state index is 0.0636. The van der Waals surface area contributed by atoms with Gasteiger partial charge in [0.2, 0.25) is 11.8 Å². The maximum atomic E-state index is 13.0. The highest BCUT2D eigenvalue weighted by molar-refractivity contribution is 7.91. The highest BCUT2D eigenvalue weighted by Crippen LogP contribution is 2.33. The van der Waals surface area contributed by atoms with E-state index in [0.717, 1.165) is 0 Å². The van der Waals surface area contributed by atoms with Crippen LogP contribution in [0.4, 0.5) is 0 Å². The lowest BCUT2D eigenvalue weighted by molar-refractivity contribution is -0.141. The van der Waals surface area contributed by atoms with Crippen molar-refractivity contribution in [2.24, 2.45) is 5.92 Å². The van der Waals surface area contributed by atoms with Crippen molar-refractivity contribution in [3.63, 3.8) is 0 Å². The fourth-order valence-corrected chi connectivity index (χ4v) is 5.23. The third kappa shape index (κ3) is 4.16. The first-order valence-electron chi connectivity index (χ1n) is 9.30. The first-order valence-corrected chi connectivity index (χ1v) is 10.9. The van der Waals surface area contributed by atoms with Gasteiger partial charge in [0.1, 0.15) is 6.04 Å². The number of fused-ring (bicyclic) bond motifs is 1. The van der Waals surface area contributed by atoms with Crippen LogP contribution in [0.1, 0.15) is 31.7 Å². The topological polar surface area (TPSA) is 92.8 Å². The summed E-state index contributed by atoms with van der Waals surface area (Å²) in [5, 5.41) is 2.89. The first kappa shape index (κ1) is 19.8. The molecule has 8 heteroatoms. The standard InChI is InChI=1S/C19H26N2O5S/c1-13(2)17(19(23)21-8-10-26-11-9-21)20-18(22)15-7-12-27(24,25)16-6-4-3-5-14(15)16/h3-6,13,15,17H,7-12H2,1-2H3,(H,20,22). The zero-order chi connectivity index (χ0) is 19.6. The van der Waals surface area contributed by atoms with Crippen LogP contribution in [0.3, 0.4) is 0 Å². The molecule has 1 aromatic rings. The molecule has 2 atom stereocenters. The zero-order valence-corrected chi connectivity index (χ0v) is 16.5. The number of hydrogen-bond acceptors (Lipinski definition) is 5. The molecule has 0 radical (unpaired) electrons. The number of ether oxygens (including phenoxy) is 1. The van der Waals surface area contributed by atoms with Crippen molar-refractivity contribution in [1.29, 1.82) is 0 Å². The van der Waals surface area contributed by atoms with E-state index in [0.29, 0.717) is 31.9 Å². The lowest BCUT2D eigenvalue weighted by atomic mass is 9.93. The Morgan fingerprint density at radius 3 is 2.52 bits per heavy atom. The van der Waals surface area contributed by atoms with Gasteiger partial charge in [-0.2, -0.15) is 0 Å². The smallest absolute Gasteiger partial charge is 0.245 e. The van der Waals surface area contributed by atoms with Crippen LogP contribution in [0.25, 0.3) is 0 Å². The summed E-state index contributed by atoms with van der Waals surface area (Å²) in [6, 6.07) is 5.99. The third-order valence-electron chi connectivity index (χ3n) is 5.17. The molecule has 0 aromatic heterocycles. The largest absolute Gasteiger partial charge is 0.378 e. The predicted octanol–water partition coefficient (Wildman–Crippen LogP) is 0.947. The molecule has 0 spiro atoms. The van der Waals surface area contributed by atoms with E-state index < -0.39 is 21.8 Å². The number of carbonyl (C=O) groups is 2. The third-order valence-corrected chi connectivity index (χ3v) is 6.99. The van der Waals surface area contributed by atoms with Crippen LogP contribution >= 0.6 is 0 Å². The summed E-state index contributed by atoms with van der Waals surface area (Å²) in [5.74, 6) is -1.11. The molecule has 1 saturated heterocycles.